The van der Waals surface area contributed by atoms with E-state index in [0.717, 1.165) is 5.56 Å². The van der Waals surface area contributed by atoms with Crippen LogP contribution in [0.1, 0.15) is 11.1 Å². The number of sulfonamides is 1. The van der Waals surface area contributed by atoms with Crippen LogP contribution in [0, 0.1) is 13.8 Å². The van der Waals surface area contributed by atoms with Crippen molar-refractivity contribution < 1.29 is 8.42 Å². The Bertz CT molecular complexity index is 758. The third kappa shape index (κ3) is 2.92. The second kappa shape index (κ2) is 5.64. The first-order chi connectivity index (χ1) is 9.33. The van der Waals surface area contributed by atoms with Crippen LogP contribution in [-0.4, -0.2) is 8.42 Å². The number of anilines is 1. The lowest BCUT2D eigenvalue weighted by Gasteiger charge is -2.14. The summed E-state index contributed by atoms with van der Waals surface area (Å²) < 4.78 is 27.3. The minimum atomic E-state index is -3.72. The molecule has 0 amide bonds. The van der Waals surface area contributed by atoms with Gasteiger partial charge in [0, 0.05) is 0 Å². The van der Waals surface area contributed by atoms with Gasteiger partial charge in [0.1, 0.15) is 0 Å². The average Bonchev–Trinajstić information content (AvgIpc) is 2.39. The number of benzene rings is 2. The smallest absolute Gasteiger partial charge is 0.262 e. The molecule has 3 nitrogen and oxygen atoms in total. The number of rotatable bonds is 3. The van der Waals surface area contributed by atoms with Gasteiger partial charge in [-0.25, -0.2) is 8.42 Å². The topological polar surface area (TPSA) is 46.2 Å². The molecule has 106 valence electrons. The number of hydrogen-bond donors (Lipinski definition) is 1. The lowest BCUT2D eigenvalue weighted by molar-refractivity contribution is 0.600. The summed E-state index contributed by atoms with van der Waals surface area (Å²) in [5.74, 6) is 0. The zero-order valence-corrected chi connectivity index (χ0v) is 13.3. The van der Waals surface area contributed by atoms with Gasteiger partial charge in [0.15, 0.2) is 0 Å². The fourth-order valence-electron chi connectivity index (χ4n) is 1.80. The van der Waals surface area contributed by atoms with E-state index in [1.807, 2.05) is 0 Å². The minimum Gasteiger partial charge on any atom is -0.277 e. The summed E-state index contributed by atoms with van der Waals surface area (Å²) in [7, 11) is -3.72. The molecule has 0 aliphatic rings. The van der Waals surface area contributed by atoms with Crippen molar-refractivity contribution in [3.8, 4) is 0 Å². The van der Waals surface area contributed by atoms with E-state index in [1.54, 1.807) is 44.2 Å². The zero-order valence-electron chi connectivity index (χ0n) is 10.9. The second-order valence-electron chi connectivity index (χ2n) is 4.42. The van der Waals surface area contributed by atoms with Crippen molar-refractivity contribution in [2.75, 3.05) is 4.72 Å². The van der Waals surface area contributed by atoms with E-state index in [9.17, 15) is 8.42 Å². The summed E-state index contributed by atoms with van der Waals surface area (Å²) in [5.41, 5.74) is 1.61. The molecular formula is C14H13Cl2NO2S. The van der Waals surface area contributed by atoms with Gasteiger partial charge >= 0.3 is 0 Å². The number of hydrogen-bond acceptors (Lipinski definition) is 2. The fourth-order valence-corrected chi connectivity index (χ4v) is 3.72. The normalized spacial score (nSPS) is 11.4. The third-order valence-corrected chi connectivity index (χ3v) is 5.22. The Labute approximate surface area is 128 Å². The molecule has 2 rings (SSSR count). The number of aryl methyl sites for hydroxylation is 2. The summed E-state index contributed by atoms with van der Waals surface area (Å²) in [6.45, 7) is 3.51. The van der Waals surface area contributed by atoms with Gasteiger partial charge in [-0.3, -0.25) is 4.72 Å². The van der Waals surface area contributed by atoms with E-state index in [-0.39, 0.29) is 15.6 Å². The first kappa shape index (κ1) is 15.2. The maximum atomic E-state index is 12.4. The Balaban J connectivity index is 2.50. The van der Waals surface area contributed by atoms with Gasteiger partial charge in [-0.05, 0) is 37.1 Å². The lowest BCUT2D eigenvalue weighted by atomic mass is 10.2. The molecule has 0 aliphatic heterocycles. The van der Waals surface area contributed by atoms with Gasteiger partial charge in [0.2, 0.25) is 0 Å². The lowest BCUT2D eigenvalue weighted by Crippen LogP contribution is -2.15. The Morgan fingerprint density at radius 3 is 2.25 bits per heavy atom. The van der Waals surface area contributed by atoms with E-state index >= 15 is 0 Å². The van der Waals surface area contributed by atoms with Gasteiger partial charge in [0.25, 0.3) is 10.0 Å². The van der Waals surface area contributed by atoms with Gasteiger partial charge in [0.05, 0.1) is 20.6 Å². The van der Waals surface area contributed by atoms with E-state index in [0.29, 0.717) is 10.6 Å². The molecule has 0 aliphatic carbocycles. The van der Waals surface area contributed by atoms with Crippen molar-refractivity contribution >= 4 is 38.9 Å². The molecule has 0 bridgehead atoms. The van der Waals surface area contributed by atoms with Crippen LogP contribution < -0.4 is 4.72 Å². The first-order valence-corrected chi connectivity index (χ1v) is 8.10. The Hall–Kier alpha value is -1.23. The maximum absolute atomic E-state index is 12.4. The van der Waals surface area contributed by atoms with Crippen LogP contribution in [0.3, 0.4) is 0 Å². The highest BCUT2D eigenvalue weighted by Gasteiger charge is 2.20. The van der Waals surface area contributed by atoms with Crippen LogP contribution in [0.25, 0.3) is 0 Å². The molecular weight excluding hydrogens is 317 g/mol. The Kier molecular flexibility index (Phi) is 4.28. The van der Waals surface area contributed by atoms with Gasteiger partial charge in [-0.2, -0.15) is 0 Å². The van der Waals surface area contributed by atoms with Crippen molar-refractivity contribution in [1.29, 1.82) is 0 Å². The van der Waals surface area contributed by atoms with E-state index in [4.69, 9.17) is 23.2 Å². The highest BCUT2D eigenvalue weighted by Crippen LogP contribution is 2.34. The van der Waals surface area contributed by atoms with E-state index in [2.05, 4.69) is 4.72 Å². The minimum absolute atomic E-state index is 0.202. The standard InChI is InChI=1S/C14H13Cl2NO2S/c1-9-5-3-4-6-12(9)20(18,19)17-14-11(15)8-7-10(2)13(14)16/h3-8,17H,1-2H3. The molecule has 0 saturated carbocycles. The van der Waals surface area contributed by atoms with Crippen molar-refractivity contribution in [3.05, 3.63) is 57.6 Å². The molecule has 0 heterocycles. The molecule has 1 N–H and O–H groups in total. The van der Waals surface area contributed by atoms with Crippen LogP contribution >= 0.6 is 23.2 Å². The molecule has 0 fully saturated rings. The first-order valence-electron chi connectivity index (χ1n) is 5.86. The molecule has 20 heavy (non-hydrogen) atoms. The van der Waals surface area contributed by atoms with E-state index in [1.165, 1.54) is 6.07 Å². The summed E-state index contributed by atoms with van der Waals surface area (Å²) in [5, 5.41) is 0.562. The summed E-state index contributed by atoms with van der Waals surface area (Å²) >= 11 is 12.1. The maximum Gasteiger partial charge on any atom is 0.262 e. The molecule has 2 aromatic rings. The zero-order chi connectivity index (χ0) is 14.9. The van der Waals surface area contributed by atoms with Crippen molar-refractivity contribution in [3.63, 3.8) is 0 Å². The average molecular weight is 330 g/mol. The molecule has 0 aromatic heterocycles. The number of halogens is 2. The monoisotopic (exact) mass is 329 g/mol. The predicted octanol–water partition coefficient (Wildman–Crippen LogP) is 4.41. The molecule has 0 atom stereocenters. The molecule has 0 spiro atoms. The van der Waals surface area contributed by atoms with Crippen LogP contribution in [0.5, 0.6) is 0 Å². The molecule has 0 saturated heterocycles. The predicted molar refractivity (Wildman–Crippen MR) is 83.2 cm³/mol. The quantitative estimate of drug-likeness (QED) is 0.906. The molecule has 6 heteroatoms. The number of nitrogens with one attached hydrogen (secondary N) is 1. The molecule has 0 radical (unpaired) electrons. The van der Waals surface area contributed by atoms with Crippen molar-refractivity contribution in [2.24, 2.45) is 0 Å². The van der Waals surface area contributed by atoms with Crippen LogP contribution in [0.4, 0.5) is 5.69 Å². The summed E-state index contributed by atoms with van der Waals surface area (Å²) in [6, 6.07) is 10.1. The van der Waals surface area contributed by atoms with Crippen LogP contribution in [0.15, 0.2) is 41.3 Å². The third-order valence-electron chi connectivity index (χ3n) is 2.90. The Morgan fingerprint density at radius 1 is 0.950 bits per heavy atom. The molecule has 0 unspecified atom stereocenters. The van der Waals surface area contributed by atoms with Crippen molar-refractivity contribution in [1.82, 2.24) is 0 Å². The highest BCUT2D eigenvalue weighted by atomic mass is 35.5. The van der Waals surface area contributed by atoms with Gasteiger partial charge in [-0.1, -0.05) is 47.5 Å². The van der Waals surface area contributed by atoms with Crippen LogP contribution in [0.2, 0.25) is 10.0 Å². The van der Waals surface area contributed by atoms with Gasteiger partial charge in [-0.15, -0.1) is 0 Å². The largest absolute Gasteiger partial charge is 0.277 e. The summed E-state index contributed by atoms with van der Waals surface area (Å²) in [4.78, 5) is 0.202. The SMILES string of the molecule is Cc1ccccc1S(=O)(=O)Nc1c(Cl)ccc(C)c1Cl. The van der Waals surface area contributed by atoms with E-state index < -0.39 is 10.0 Å². The second-order valence-corrected chi connectivity index (χ2v) is 6.86. The summed E-state index contributed by atoms with van der Waals surface area (Å²) in [6.07, 6.45) is 0. The highest BCUT2D eigenvalue weighted by molar-refractivity contribution is 7.92. The van der Waals surface area contributed by atoms with Crippen LogP contribution in [-0.2, 0) is 10.0 Å². The molecule has 2 aromatic carbocycles. The fraction of sp³-hybridized carbons (Fsp3) is 0.143. The Morgan fingerprint density at radius 2 is 1.60 bits per heavy atom. The van der Waals surface area contributed by atoms with Crippen molar-refractivity contribution in [2.45, 2.75) is 18.7 Å². The van der Waals surface area contributed by atoms with Gasteiger partial charge < -0.3 is 0 Å².